The van der Waals surface area contributed by atoms with Gasteiger partial charge in [-0.3, -0.25) is 14.4 Å². The topological polar surface area (TPSA) is 60.4 Å². The zero-order valence-electron chi connectivity index (χ0n) is 13.1. The van der Waals surface area contributed by atoms with Crippen LogP contribution in [-0.4, -0.2) is 24.1 Å². The van der Waals surface area contributed by atoms with Crippen molar-refractivity contribution in [3.63, 3.8) is 0 Å². The Labute approximate surface area is 139 Å². The maximum atomic E-state index is 11.9. The van der Waals surface area contributed by atoms with Gasteiger partial charge < -0.3 is 4.74 Å². The van der Waals surface area contributed by atoms with E-state index in [2.05, 4.69) is 0 Å². The van der Waals surface area contributed by atoms with E-state index in [1.54, 1.807) is 18.2 Å². The molecule has 0 aliphatic rings. The molecule has 1 aromatic carbocycles. The number of carbonyl (C=O) groups is 3. The van der Waals surface area contributed by atoms with Crippen LogP contribution in [0.1, 0.15) is 43.3 Å². The normalized spacial score (nSPS) is 10.3. The molecule has 120 valence electrons. The van der Waals surface area contributed by atoms with Crippen LogP contribution in [0.15, 0.2) is 36.4 Å². The lowest BCUT2D eigenvalue weighted by Crippen LogP contribution is -2.15. The predicted molar refractivity (Wildman–Crippen MR) is 89.1 cm³/mol. The van der Waals surface area contributed by atoms with Gasteiger partial charge in [-0.2, -0.15) is 0 Å². The number of benzene rings is 1. The molecule has 0 fully saturated rings. The van der Waals surface area contributed by atoms with Crippen LogP contribution in [0.2, 0.25) is 0 Å². The van der Waals surface area contributed by atoms with E-state index < -0.39 is 5.97 Å². The summed E-state index contributed by atoms with van der Waals surface area (Å²) >= 11 is 1.41. The van der Waals surface area contributed by atoms with E-state index in [9.17, 15) is 14.4 Å². The molecule has 0 spiro atoms. The minimum absolute atomic E-state index is 0.0169. The molecule has 0 unspecified atom stereocenters. The number of hydrogen-bond acceptors (Lipinski definition) is 5. The van der Waals surface area contributed by atoms with Gasteiger partial charge in [-0.05, 0) is 26.0 Å². The van der Waals surface area contributed by atoms with Crippen molar-refractivity contribution >= 4 is 28.9 Å². The van der Waals surface area contributed by atoms with Crippen molar-refractivity contribution in [1.82, 2.24) is 0 Å². The fraction of sp³-hybridized carbons (Fsp3) is 0.278. The summed E-state index contributed by atoms with van der Waals surface area (Å²) in [5, 5.41) is 0. The molecule has 0 radical (unpaired) electrons. The van der Waals surface area contributed by atoms with E-state index in [-0.39, 0.29) is 31.0 Å². The van der Waals surface area contributed by atoms with Crippen LogP contribution >= 0.6 is 11.3 Å². The Hall–Kier alpha value is -2.27. The van der Waals surface area contributed by atoms with E-state index in [4.69, 9.17) is 4.74 Å². The van der Waals surface area contributed by atoms with Gasteiger partial charge in [-0.1, -0.05) is 29.8 Å². The van der Waals surface area contributed by atoms with Crippen molar-refractivity contribution in [3.05, 3.63) is 57.3 Å². The average Bonchev–Trinajstić information content (AvgIpc) is 2.97. The number of rotatable bonds is 7. The second-order valence-corrected chi connectivity index (χ2v) is 6.57. The van der Waals surface area contributed by atoms with Gasteiger partial charge in [0.1, 0.15) is 0 Å². The third-order valence-electron chi connectivity index (χ3n) is 3.31. The first-order chi connectivity index (χ1) is 11.0. The summed E-state index contributed by atoms with van der Waals surface area (Å²) in [6, 6.07) is 10.7. The highest BCUT2D eigenvalue weighted by Crippen LogP contribution is 2.17. The number of hydrogen-bond donors (Lipinski definition) is 0. The zero-order valence-corrected chi connectivity index (χ0v) is 13.9. The van der Waals surface area contributed by atoms with Gasteiger partial charge in [0.25, 0.3) is 0 Å². The molecular weight excluding hydrogens is 312 g/mol. The van der Waals surface area contributed by atoms with Crippen LogP contribution in [-0.2, 0) is 9.53 Å². The molecular formula is C18H18O4S. The second-order valence-electron chi connectivity index (χ2n) is 5.28. The Kier molecular flexibility index (Phi) is 5.82. The van der Waals surface area contributed by atoms with Crippen LogP contribution < -0.4 is 0 Å². The van der Waals surface area contributed by atoms with Crippen LogP contribution in [0.5, 0.6) is 0 Å². The third kappa shape index (κ3) is 5.14. The number of carbonyl (C=O) groups excluding carboxylic acids is 3. The molecule has 23 heavy (non-hydrogen) atoms. The highest BCUT2D eigenvalue weighted by molar-refractivity contribution is 7.14. The summed E-state index contributed by atoms with van der Waals surface area (Å²) in [5.74, 6) is -0.865. The number of esters is 1. The molecule has 0 amide bonds. The Morgan fingerprint density at radius 1 is 0.913 bits per heavy atom. The van der Waals surface area contributed by atoms with Crippen molar-refractivity contribution in [2.75, 3.05) is 6.61 Å². The molecule has 0 N–H and O–H groups in total. The molecule has 0 aliphatic carbocycles. The highest BCUT2D eigenvalue weighted by atomic mass is 32.1. The lowest BCUT2D eigenvalue weighted by atomic mass is 10.1. The first kappa shape index (κ1) is 17.1. The maximum absolute atomic E-state index is 11.9. The summed E-state index contributed by atoms with van der Waals surface area (Å²) in [7, 11) is 0. The molecule has 1 heterocycles. The molecule has 1 aromatic heterocycles. The third-order valence-corrected chi connectivity index (χ3v) is 4.35. The van der Waals surface area contributed by atoms with Crippen LogP contribution in [0.3, 0.4) is 0 Å². The smallest absolute Gasteiger partial charge is 0.306 e. The van der Waals surface area contributed by atoms with E-state index >= 15 is 0 Å². The van der Waals surface area contributed by atoms with E-state index in [1.165, 1.54) is 11.3 Å². The fourth-order valence-corrected chi connectivity index (χ4v) is 2.80. The number of aryl methyl sites for hydroxylation is 2. The summed E-state index contributed by atoms with van der Waals surface area (Å²) in [6.45, 7) is 3.56. The zero-order chi connectivity index (χ0) is 16.8. The van der Waals surface area contributed by atoms with Gasteiger partial charge in [0.2, 0.25) is 0 Å². The molecule has 0 aliphatic heterocycles. The Morgan fingerprint density at radius 2 is 1.61 bits per heavy atom. The van der Waals surface area contributed by atoms with Crippen LogP contribution in [0.4, 0.5) is 0 Å². The number of ketones is 2. The standard InChI is InChI=1S/C18H18O4S/c1-12-3-6-14(7-4-12)16(20)11-22-18(21)10-8-15(19)17-9-5-13(2)23-17/h3-7,9H,8,10-11H2,1-2H3. The first-order valence-electron chi connectivity index (χ1n) is 7.31. The van der Waals surface area contributed by atoms with Crippen molar-refractivity contribution < 1.29 is 19.1 Å². The minimum Gasteiger partial charge on any atom is -0.457 e. The van der Waals surface area contributed by atoms with Gasteiger partial charge in [0.15, 0.2) is 18.2 Å². The quantitative estimate of drug-likeness (QED) is 0.573. The molecule has 4 nitrogen and oxygen atoms in total. The van der Waals surface area contributed by atoms with E-state index in [0.29, 0.717) is 10.4 Å². The summed E-state index contributed by atoms with van der Waals surface area (Å²) in [4.78, 5) is 37.1. The SMILES string of the molecule is Cc1ccc(C(=O)COC(=O)CCC(=O)c2ccc(C)s2)cc1. The molecule has 0 atom stereocenters. The van der Waals surface area contributed by atoms with E-state index in [0.717, 1.165) is 10.4 Å². The van der Waals surface area contributed by atoms with Gasteiger partial charge in [0.05, 0.1) is 11.3 Å². The number of thiophene rings is 1. The molecule has 0 bridgehead atoms. The monoisotopic (exact) mass is 330 g/mol. The van der Waals surface area contributed by atoms with Gasteiger partial charge in [0, 0.05) is 16.9 Å². The lowest BCUT2D eigenvalue weighted by Gasteiger charge is -2.04. The lowest BCUT2D eigenvalue weighted by molar-refractivity contribution is -0.142. The number of ether oxygens (including phenoxy) is 1. The first-order valence-corrected chi connectivity index (χ1v) is 8.12. The van der Waals surface area contributed by atoms with Crippen molar-refractivity contribution in [2.45, 2.75) is 26.7 Å². The fourth-order valence-electron chi connectivity index (χ4n) is 1.96. The summed E-state index contributed by atoms with van der Waals surface area (Å²) in [5.41, 5.74) is 1.56. The largest absolute Gasteiger partial charge is 0.457 e. The highest BCUT2D eigenvalue weighted by Gasteiger charge is 2.13. The minimum atomic E-state index is -0.535. The average molecular weight is 330 g/mol. The Balaban J connectivity index is 1.75. The molecule has 2 rings (SSSR count). The van der Waals surface area contributed by atoms with Crippen LogP contribution in [0, 0.1) is 13.8 Å². The molecule has 0 saturated carbocycles. The van der Waals surface area contributed by atoms with Crippen molar-refractivity contribution in [1.29, 1.82) is 0 Å². The molecule has 2 aromatic rings. The van der Waals surface area contributed by atoms with Crippen molar-refractivity contribution in [2.24, 2.45) is 0 Å². The van der Waals surface area contributed by atoms with Gasteiger partial charge >= 0.3 is 5.97 Å². The van der Waals surface area contributed by atoms with E-state index in [1.807, 2.05) is 32.0 Å². The molecule has 0 saturated heterocycles. The molecule has 5 heteroatoms. The Morgan fingerprint density at radius 3 is 2.22 bits per heavy atom. The Bertz CT molecular complexity index is 713. The summed E-state index contributed by atoms with van der Waals surface area (Å²) in [6.07, 6.45) is 0.0778. The van der Waals surface area contributed by atoms with Gasteiger partial charge in [-0.25, -0.2) is 0 Å². The number of Topliss-reactive ketones (excluding diaryl/α,β-unsaturated/α-hetero) is 2. The second kappa shape index (κ2) is 7.83. The maximum Gasteiger partial charge on any atom is 0.306 e. The predicted octanol–water partition coefficient (Wildman–Crippen LogP) is 3.75. The van der Waals surface area contributed by atoms with Crippen molar-refractivity contribution in [3.8, 4) is 0 Å². The summed E-state index contributed by atoms with van der Waals surface area (Å²) < 4.78 is 4.94. The van der Waals surface area contributed by atoms with Crippen LogP contribution in [0.25, 0.3) is 0 Å². The van der Waals surface area contributed by atoms with Gasteiger partial charge in [-0.15, -0.1) is 11.3 Å².